The topological polar surface area (TPSA) is 180 Å². The number of nitro groups is 1. The zero-order valence-corrected chi connectivity index (χ0v) is 20.7. The van der Waals surface area contributed by atoms with Gasteiger partial charge in [-0.05, 0) is 24.2 Å². The van der Waals surface area contributed by atoms with Gasteiger partial charge in [0.25, 0.3) is 5.69 Å². The standard InChI is InChI=1S/C21H34N4O7Si/c1-21(2,3)33(4,5)32-11-7-10-31-17-13-14(19(23)26)12-16(25(29)30)18(17)15(22)8-6-9-24-20(27)28/h6,8,12-13,15,24H,7,9-11,22H2,1-5H3,(H2,23,26)(H,27,28). The second kappa shape index (κ2) is 11.8. The van der Waals surface area contributed by atoms with Gasteiger partial charge >= 0.3 is 6.09 Å². The van der Waals surface area contributed by atoms with Crippen molar-refractivity contribution in [1.82, 2.24) is 5.32 Å². The third kappa shape index (κ3) is 8.48. The average Bonchev–Trinajstić information content (AvgIpc) is 2.68. The number of amides is 2. The molecule has 1 rings (SSSR count). The summed E-state index contributed by atoms with van der Waals surface area (Å²) in [5, 5.41) is 22.5. The molecular formula is C21H34N4O7Si. The number of nitro benzene ring substituents is 1. The summed E-state index contributed by atoms with van der Waals surface area (Å²) < 4.78 is 11.9. The van der Waals surface area contributed by atoms with Crippen molar-refractivity contribution in [3.8, 4) is 5.75 Å². The minimum Gasteiger partial charge on any atom is -0.493 e. The van der Waals surface area contributed by atoms with Gasteiger partial charge in [0.15, 0.2) is 8.32 Å². The van der Waals surface area contributed by atoms with E-state index in [9.17, 15) is 19.7 Å². The van der Waals surface area contributed by atoms with Crippen LogP contribution in [-0.4, -0.2) is 50.1 Å². The predicted molar refractivity (Wildman–Crippen MR) is 127 cm³/mol. The predicted octanol–water partition coefficient (Wildman–Crippen LogP) is 3.31. The second-order valence-electron chi connectivity index (χ2n) is 8.98. The summed E-state index contributed by atoms with van der Waals surface area (Å²) >= 11 is 0. The van der Waals surface area contributed by atoms with Crippen molar-refractivity contribution >= 4 is 26.0 Å². The lowest BCUT2D eigenvalue weighted by atomic mass is 10.0. The van der Waals surface area contributed by atoms with Crippen molar-refractivity contribution in [2.24, 2.45) is 11.5 Å². The fourth-order valence-electron chi connectivity index (χ4n) is 2.60. The van der Waals surface area contributed by atoms with Crippen LogP contribution >= 0.6 is 0 Å². The van der Waals surface area contributed by atoms with Gasteiger partial charge in [0, 0.05) is 31.2 Å². The van der Waals surface area contributed by atoms with E-state index in [4.69, 9.17) is 25.7 Å². The zero-order chi connectivity index (χ0) is 25.4. The first-order valence-corrected chi connectivity index (χ1v) is 13.4. The molecule has 0 heterocycles. The highest BCUT2D eigenvalue weighted by Crippen LogP contribution is 2.37. The number of carbonyl (C=O) groups excluding carboxylic acids is 1. The maximum Gasteiger partial charge on any atom is 0.404 e. The van der Waals surface area contributed by atoms with Crippen molar-refractivity contribution < 1.29 is 28.8 Å². The van der Waals surface area contributed by atoms with E-state index in [1.54, 1.807) is 0 Å². The molecule has 0 aromatic heterocycles. The molecule has 0 aliphatic carbocycles. The minimum atomic E-state index is -1.92. The molecule has 1 unspecified atom stereocenters. The number of ether oxygens (including phenoxy) is 1. The van der Waals surface area contributed by atoms with Gasteiger partial charge in [0.05, 0.1) is 23.1 Å². The highest BCUT2D eigenvalue weighted by molar-refractivity contribution is 6.74. The van der Waals surface area contributed by atoms with E-state index in [0.717, 1.165) is 6.07 Å². The molecule has 0 aliphatic rings. The number of nitrogens with two attached hydrogens (primary N) is 2. The van der Waals surface area contributed by atoms with E-state index >= 15 is 0 Å². The monoisotopic (exact) mass is 482 g/mol. The normalized spacial score (nSPS) is 13.0. The van der Waals surface area contributed by atoms with E-state index in [0.29, 0.717) is 13.0 Å². The smallest absolute Gasteiger partial charge is 0.404 e. The minimum absolute atomic E-state index is 0.0306. The number of hydrogen-bond donors (Lipinski definition) is 4. The fraction of sp³-hybridized carbons (Fsp3) is 0.524. The molecular weight excluding hydrogens is 448 g/mol. The van der Waals surface area contributed by atoms with Gasteiger partial charge in [-0.25, -0.2) is 4.79 Å². The summed E-state index contributed by atoms with van der Waals surface area (Å²) in [6.07, 6.45) is 2.15. The van der Waals surface area contributed by atoms with Crippen LogP contribution in [0.2, 0.25) is 18.1 Å². The summed E-state index contributed by atoms with van der Waals surface area (Å²) in [6, 6.07) is 1.39. The van der Waals surface area contributed by atoms with Crippen LogP contribution in [0.5, 0.6) is 5.75 Å². The Labute approximate surface area is 194 Å². The molecule has 2 amide bonds. The van der Waals surface area contributed by atoms with Gasteiger partial charge in [-0.3, -0.25) is 14.9 Å². The zero-order valence-electron chi connectivity index (χ0n) is 19.7. The number of benzene rings is 1. The summed E-state index contributed by atoms with van der Waals surface area (Å²) in [4.78, 5) is 33.2. The van der Waals surface area contributed by atoms with Crippen LogP contribution in [0.15, 0.2) is 24.3 Å². The van der Waals surface area contributed by atoms with Crippen molar-refractivity contribution in [2.75, 3.05) is 19.8 Å². The highest BCUT2D eigenvalue weighted by Gasteiger charge is 2.36. The van der Waals surface area contributed by atoms with Crippen molar-refractivity contribution in [3.05, 3.63) is 45.5 Å². The van der Waals surface area contributed by atoms with Gasteiger partial charge in [-0.2, -0.15) is 0 Å². The van der Waals surface area contributed by atoms with Gasteiger partial charge in [-0.15, -0.1) is 0 Å². The molecule has 11 nitrogen and oxygen atoms in total. The molecule has 0 saturated carbocycles. The lowest BCUT2D eigenvalue weighted by Crippen LogP contribution is -2.41. The maximum absolute atomic E-state index is 11.7. The molecule has 6 N–H and O–H groups in total. The molecule has 184 valence electrons. The average molecular weight is 483 g/mol. The van der Waals surface area contributed by atoms with Crippen LogP contribution < -0.4 is 21.5 Å². The summed E-state index contributed by atoms with van der Waals surface area (Å²) in [7, 11) is -1.92. The number of nitrogens with zero attached hydrogens (tertiary/aromatic N) is 1. The van der Waals surface area contributed by atoms with E-state index < -0.39 is 37.0 Å². The molecule has 0 saturated heterocycles. The summed E-state index contributed by atoms with van der Waals surface area (Å²) in [5.41, 5.74) is 11.0. The largest absolute Gasteiger partial charge is 0.493 e. The number of hydrogen-bond acceptors (Lipinski definition) is 7. The van der Waals surface area contributed by atoms with Crippen LogP contribution in [0.4, 0.5) is 10.5 Å². The SMILES string of the molecule is CC(C)(C)[Si](C)(C)OCCCOc1cc(C(N)=O)cc([N+](=O)[O-])c1C(N)C=CCNC(=O)O. The van der Waals surface area contributed by atoms with E-state index in [-0.39, 0.29) is 35.1 Å². The molecule has 0 bridgehead atoms. The van der Waals surface area contributed by atoms with Crippen LogP contribution in [0.1, 0.15) is 49.2 Å². The Balaban J connectivity index is 3.09. The van der Waals surface area contributed by atoms with E-state index in [1.807, 2.05) is 0 Å². The van der Waals surface area contributed by atoms with Crippen molar-refractivity contribution in [3.63, 3.8) is 0 Å². The molecule has 1 atom stereocenters. The van der Waals surface area contributed by atoms with Gasteiger partial charge < -0.3 is 31.1 Å². The first kappa shape index (κ1) is 28.1. The molecule has 12 heteroatoms. The molecule has 0 fully saturated rings. The molecule has 33 heavy (non-hydrogen) atoms. The fourth-order valence-corrected chi connectivity index (χ4v) is 3.69. The lowest BCUT2D eigenvalue weighted by molar-refractivity contribution is -0.385. The molecule has 0 radical (unpaired) electrons. The number of primary amides is 1. The molecule has 1 aromatic rings. The van der Waals surface area contributed by atoms with Gasteiger partial charge in [0.1, 0.15) is 5.75 Å². The van der Waals surface area contributed by atoms with Crippen LogP contribution in [-0.2, 0) is 4.43 Å². The Kier molecular flexibility index (Phi) is 10.0. The first-order valence-electron chi connectivity index (χ1n) is 10.5. The Morgan fingerprint density at radius 2 is 1.94 bits per heavy atom. The number of rotatable bonds is 12. The number of carbonyl (C=O) groups is 2. The highest BCUT2D eigenvalue weighted by atomic mass is 28.4. The lowest BCUT2D eigenvalue weighted by Gasteiger charge is -2.36. The quantitative estimate of drug-likeness (QED) is 0.115. The Bertz CT molecular complexity index is 897. The summed E-state index contributed by atoms with van der Waals surface area (Å²) in [6.45, 7) is 11.3. The van der Waals surface area contributed by atoms with Crippen LogP contribution in [0.3, 0.4) is 0 Å². The first-order chi connectivity index (χ1) is 15.2. The Hall–Kier alpha value is -2.96. The third-order valence-electron chi connectivity index (χ3n) is 5.46. The molecule has 0 aliphatic heterocycles. The van der Waals surface area contributed by atoms with Gasteiger partial charge in [-0.1, -0.05) is 32.9 Å². The molecule has 1 aromatic carbocycles. The van der Waals surface area contributed by atoms with Crippen molar-refractivity contribution in [1.29, 1.82) is 0 Å². The van der Waals surface area contributed by atoms with Crippen molar-refractivity contribution in [2.45, 2.75) is 51.4 Å². The second-order valence-corrected chi connectivity index (χ2v) is 13.8. The summed E-state index contributed by atoms with van der Waals surface area (Å²) in [5.74, 6) is -0.779. The van der Waals surface area contributed by atoms with E-state index in [2.05, 4.69) is 39.2 Å². The maximum atomic E-state index is 11.7. The Morgan fingerprint density at radius 1 is 1.30 bits per heavy atom. The number of carboxylic acid groups (broad SMARTS) is 1. The van der Waals surface area contributed by atoms with E-state index in [1.165, 1.54) is 18.2 Å². The van der Waals surface area contributed by atoms with Crippen LogP contribution in [0, 0.1) is 10.1 Å². The Morgan fingerprint density at radius 3 is 2.45 bits per heavy atom. The number of nitrogens with one attached hydrogen (secondary N) is 1. The van der Waals surface area contributed by atoms with Gasteiger partial charge in [0.2, 0.25) is 5.91 Å². The third-order valence-corrected chi connectivity index (χ3v) is 10.0. The van der Waals surface area contributed by atoms with Crippen LogP contribution in [0.25, 0.3) is 0 Å². The molecule has 0 spiro atoms.